The van der Waals surface area contributed by atoms with Crippen LogP contribution >= 0.6 is 0 Å². The van der Waals surface area contributed by atoms with E-state index in [0.717, 1.165) is 27.9 Å². The van der Waals surface area contributed by atoms with Crippen LogP contribution in [0.25, 0.3) is 11.1 Å². The van der Waals surface area contributed by atoms with Crippen molar-refractivity contribution in [1.82, 2.24) is 19.7 Å². The first-order chi connectivity index (χ1) is 16.8. The van der Waals surface area contributed by atoms with E-state index in [1.54, 1.807) is 34.8 Å². The molecule has 35 heavy (non-hydrogen) atoms. The fraction of sp³-hybridized carbons (Fsp3) is 0.222. The van der Waals surface area contributed by atoms with Crippen molar-refractivity contribution in [2.75, 3.05) is 0 Å². The number of halogens is 1. The van der Waals surface area contributed by atoms with Gasteiger partial charge >= 0.3 is 0 Å². The van der Waals surface area contributed by atoms with Crippen molar-refractivity contribution in [3.63, 3.8) is 0 Å². The molecule has 0 radical (unpaired) electrons. The molecule has 1 N–H and O–H groups in total. The number of ether oxygens (including phenoxy) is 1. The number of aliphatic hydroxyl groups excluding tert-OH is 1. The van der Waals surface area contributed by atoms with Gasteiger partial charge in [0.05, 0.1) is 11.8 Å². The summed E-state index contributed by atoms with van der Waals surface area (Å²) in [6, 6.07) is 14.1. The highest BCUT2D eigenvalue weighted by atomic mass is 19.1. The second-order valence-electron chi connectivity index (χ2n) is 8.78. The number of aryl methyl sites for hydroxylation is 2. The highest BCUT2D eigenvalue weighted by molar-refractivity contribution is 6.00. The second-order valence-corrected chi connectivity index (χ2v) is 8.78. The smallest absolute Gasteiger partial charge is 0.260 e. The van der Waals surface area contributed by atoms with Gasteiger partial charge in [0.25, 0.3) is 5.91 Å². The zero-order valence-corrected chi connectivity index (χ0v) is 19.7. The van der Waals surface area contributed by atoms with E-state index < -0.39 is 11.9 Å². The fourth-order valence-corrected chi connectivity index (χ4v) is 4.34. The lowest BCUT2D eigenvalue weighted by atomic mass is 10.0. The Hall–Kier alpha value is -4.04. The molecule has 0 spiro atoms. The lowest BCUT2D eigenvalue weighted by Gasteiger charge is -2.16. The Morgan fingerprint density at radius 2 is 1.94 bits per heavy atom. The average Bonchev–Trinajstić information content (AvgIpc) is 3.34. The number of hydrogen-bond donors (Lipinski definition) is 1. The molecule has 0 saturated heterocycles. The van der Waals surface area contributed by atoms with E-state index >= 15 is 0 Å². The molecule has 1 atom stereocenters. The van der Waals surface area contributed by atoms with Gasteiger partial charge in [0.15, 0.2) is 11.6 Å². The third-order valence-electron chi connectivity index (χ3n) is 6.16. The number of benzene rings is 2. The Balaban J connectivity index is 1.34. The molecule has 2 aromatic carbocycles. The molecule has 1 amide bonds. The standard InChI is InChI=1S/C27H25FN4O3/c1-16-22(15-31(3)30-16)19-6-4-18(5-7-19)13-32-14-21-10-11-29-26(25(21)27(32)34)35-24-9-8-20(17(2)33)12-23(24)28/h4-12,15,17,33H,13-14H2,1-3H3. The van der Waals surface area contributed by atoms with Gasteiger partial charge in [-0.15, -0.1) is 0 Å². The summed E-state index contributed by atoms with van der Waals surface area (Å²) in [5.74, 6) is -0.825. The minimum absolute atomic E-state index is 0.0529. The number of rotatable bonds is 6. The molecular weight excluding hydrogens is 447 g/mol. The maximum atomic E-state index is 14.5. The molecule has 0 fully saturated rings. The predicted octanol–water partition coefficient (Wildman–Crippen LogP) is 4.93. The molecule has 1 aliphatic heterocycles. The van der Waals surface area contributed by atoms with Crippen LogP contribution in [-0.4, -0.2) is 30.7 Å². The topological polar surface area (TPSA) is 80.5 Å². The van der Waals surface area contributed by atoms with Crippen LogP contribution in [0.15, 0.2) is 60.9 Å². The number of aromatic nitrogens is 3. The molecule has 3 heterocycles. The largest absolute Gasteiger partial charge is 0.435 e. The monoisotopic (exact) mass is 472 g/mol. The number of nitrogens with zero attached hydrogens (tertiary/aromatic N) is 4. The zero-order chi connectivity index (χ0) is 24.7. The molecule has 2 aromatic heterocycles. The zero-order valence-electron chi connectivity index (χ0n) is 19.7. The number of carbonyl (C=O) groups is 1. The van der Waals surface area contributed by atoms with Crippen LogP contribution in [0.4, 0.5) is 4.39 Å². The first-order valence-corrected chi connectivity index (χ1v) is 11.3. The quantitative estimate of drug-likeness (QED) is 0.430. The lowest BCUT2D eigenvalue weighted by molar-refractivity contribution is 0.0764. The van der Waals surface area contributed by atoms with Gasteiger partial charge in [-0.1, -0.05) is 30.3 Å². The van der Waals surface area contributed by atoms with Crippen molar-refractivity contribution in [1.29, 1.82) is 0 Å². The Morgan fingerprint density at radius 1 is 1.17 bits per heavy atom. The number of amides is 1. The summed E-state index contributed by atoms with van der Waals surface area (Å²) in [6.07, 6.45) is 2.74. The van der Waals surface area contributed by atoms with Crippen LogP contribution in [0, 0.1) is 12.7 Å². The molecule has 1 unspecified atom stereocenters. The molecule has 5 rings (SSSR count). The molecule has 178 valence electrons. The van der Waals surface area contributed by atoms with E-state index in [1.165, 1.54) is 12.1 Å². The molecule has 0 bridgehead atoms. The Bertz CT molecular complexity index is 1410. The molecule has 0 aliphatic carbocycles. The van der Waals surface area contributed by atoms with E-state index in [9.17, 15) is 14.3 Å². The van der Waals surface area contributed by atoms with Crippen LogP contribution in [0.2, 0.25) is 0 Å². The molecule has 4 aromatic rings. The summed E-state index contributed by atoms with van der Waals surface area (Å²) in [5.41, 5.74) is 5.66. The third-order valence-corrected chi connectivity index (χ3v) is 6.16. The first-order valence-electron chi connectivity index (χ1n) is 11.3. The Morgan fingerprint density at radius 3 is 2.60 bits per heavy atom. The minimum Gasteiger partial charge on any atom is -0.435 e. The predicted molar refractivity (Wildman–Crippen MR) is 128 cm³/mol. The lowest BCUT2D eigenvalue weighted by Crippen LogP contribution is -2.23. The molecule has 0 saturated carbocycles. The van der Waals surface area contributed by atoms with E-state index in [2.05, 4.69) is 10.1 Å². The van der Waals surface area contributed by atoms with Crippen molar-refractivity contribution in [2.24, 2.45) is 7.05 Å². The summed E-state index contributed by atoms with van der Waals surface area (Å²) in [4.78, 5) is 19.2. The highest BCUT2D eigenvalue weighted by Gasteiger charge is 2.32. The van der Waals surface area contributed by atoms with Gasteiger partial charge in [-0.2, -0.15) is 5.10 Å². The highest BCUT2D eigenvalue weighted by Crippen LogP contribution is 2.34. The molecular formula is C27H25FN4O3. The van der Waals surface area contributed by atoms with Crippen LogP contribution in [-0.2, 0) is 20.1 Å². The fourth-order valence-electron chi connectivity index (χ4n) is 4.34. The number of carbonyl (C=O) groups excluding carboxylic acids is 1. The van der Waals surface area contributed by atoms with Crippen molar-refractivity contribution < 1.29 is 19.0 Å². The summed E-state index contributed by atoms with van der Waals surface area (Å²) in [7, 11) is 1.90. The number of hydrogen-bond acceptors (Lipinski definition) is 5. The van der Waals surface area contributed by atoms with Gasteiger partial charge in [0.1, 0.15) is 5.56 Å². The van der Waals surface area contributed by atoms with Gasteiger partial charge in [-0.05, 0) is 54.3 Å². The van der Waals surface area contributed by atoms with Crippen molar-refractivity contribution in [2.45, 2.75) is 33.0 Å². The third kappa shape index (κ3) is 4.40. The maximum absolute atomic E-state index is 14.5. The van der Waals surface area contributed by atoms with Gasteiger partial charge in [-0.3, -0.25) is 9.48 Å². The van der Waals surface area contributed by atoms with Crippen molar-refractivity contribution in [3.05, 3.63) is 94.7 Å². The second kappa shape index (κ2) is 8.96. The van der Waals surface area contributed by atoms with E-state index in [1.807, 2.05) is 44.4 Å². The maximum Gasteiger partial charge on any atom is 0.260 e. The minimum atomic E-state index is -0.796. The van der Waals surface area contributed by atoms with Crippen LogP contribution in [0.3, 0.4) is 0 Å². The van der Waals surface area contributed by atoms with E-state index in [4.69, 9.17) is 4.74 Å². The van der Waals surface area contributed by atoms with Gasteiger partial charge in [0.2, 0.25) is 5.88 Å². The SMILES string of the molecule is Cc1nn(C)cc1-c1ccc(CN2Cc3ccnc(Oc4ccc(C(C)O)cc4F)c3C2=O)cc1. The Labute approximate surface area is 202 Å². The molecule has 8 heteroatoms. The van der Waals surface area contributed by atoms with Gasteiger partial charge in [-0.25, -0.2) is 9.37 Å². The molecule has 1 aliphatic rings. The number of pyridine rings is 1. The number of fused-ring (bicyclic) bond motifs is 1. The van der Waals surface area contributed by atoms with E-state index in [-0.39, 0.29) is 17.5 Å². The summed E-state index contributed by atoms with van der Waals surface area (Å²) >= 11 is 0. The summed E-state index contributed by atoms with van der Waals surface area (Å²) in [6.45, 7) is 4.38. The summed E-state index contributed by atoms with van der Waals surface area (Å²) in [5, 5.41) is 14.0. The van der Waals surface area contributed by atoms with Crippen molar-refractivity contribution in [3.8, 4) is 22.8 Å². The molecule has 7 nitrogen and oxygen atoms in total. The van der Waals surface area contributed by atoms with Crippen LogP contribution < -0.4 is 4.74 Å². The summed E-state index contributed by atoms with van der Waals surface area (Å²) < 4.78 is 22.0. The average molecular weight is 473 g/mol. The first kappa shape index (κ1) is 22.7. The van der Waals surface area contributed by atoms with Gasteiger partial charge in [0, 0.05) is 38.1 Å². The number of aliphatic hydroxyl groups is 1. The normalized spacial score (nSPS) is 13.7. The van der Waals surface area contributed by atoms with Gasteiger partial charge < -0.3 is 14.7 Å². The van der Waals surface area contributed by atoms with Crippen LogP contribution in [0.1, 0.15) is 45.8 Å². The van der Waals surface area contributed by atoms with Crippen LogP contribution in [0.5, 0.6) is 11.6 Å². The van der Waals surface area contributed by atoms with E-state index in [0.29, 0.717) is 24.2 Å². The Kier molecular flexibility index (Phi) is 5.82. The van der Waals surface area contributed by atoms with Crippen molar-refractivity contribution >= 4 is 5.91 Å².